The fourth-order valence-corrected chi connectivity index (χ4v) is 4.27. The molecule has 0 N–H and O–H groups in total. The molecule has 1 atom stereocenters. The molecule has 33 heavy (non-hydrogen) atoms. The number of pyridine rings is 1. The lowest BCUT2D eigenvalue weighted by Gasteiger charge is -2.24. The number of rotatable bonds is 5. The molecule has 0 aliphatic carbocycles. The van der Waals surface area contributed by atoms with E-state index < -0.39 is 17.5 Å². The van der Waals surface area contributed by atoms with E-state index in [4.69, 9.17) is 23.9 Å². The number of thiazole rings is 1. The van der Waals surface area contributed by atoms with Crippen LogP contribution >= 0.6 is 11.3 Å². The lowest BCUT2D eigenvalue weighted by atomic mass is 10.2. The molecule has 3 aromatic rings. The number of ether oxygens (including phenoxy) is 4. The maximum Gasteiger partial charge on any atom is 0.415 e. The first kappa shape index (κ1) is 23.4. The molecule has 0 saturated carbocycles. The van der Waals surface area contributed by atoms with Crippen LogP contribution in [0.25, 0.3) is 20.8 Å². The third-order valence-corrected chi connectivity index (χ3v) is 5.94. The minimum absolute atomic E-state index is 0.0869. The Morgan fingerprint density at radius 3 is 2.70 bits per heavy atom. The summed E-state index contributed by atoms with van der Waals surface area (Å²) in [6, 6.07) is 9.51. The first-order chi connectivity index (χ1) is 15.5. The van der Waals surface area contributed by atoms with Crippen molar-refractivity contribution < 1.29 is 23.7 Å². The Kier molecular flexibility index (Phi) is 6.30. The van der Waals surface area contributed by atoms with E-state index in [0.717, 1.165) is 26.5 Å². The van der Waals surface area contributed by atoms with Crippen LogP contribution in [0.5, 0.6) is 5.75 Å². The normalized spacial score (nSPS) is 17.8. The van der Waals surface area contributed by atoms with Gasteiger partial charge < -0.3 is 18.9 Å². The van der Waals surface area contributed by atoms with E-state index in [2.05, 4.69) is 4.98 Å². The number of carbonyl (C=O) groups is 1. The van der Waals surface area contributed by atoms with Crippen LogP contribution in [0.4, 0.5) is 10.6 Å². The Bertz CT molecular complexity index is 1140. The molecule has 2 aromatic heterocycles. The fraction of sp³-hybridized carbons (Fsp3) is 0.458. The molecule has 1 fully saturated rings. The van der Waals surface area contributed by atoms with Crippen LogP contribution in [0.15, 0.2) is 36.5 Å². The summed E-state index contributed by atoms with van der Waals surface area (Å²) in [6.07, 6.45) is 1.18. The van der Waals surface area contributed by atoms with Gasteiger partial charge in [0.1, 0.15) is 34.9 Å². The van der Waals surface area contributed by atoms with Crippen molar-refractivity contribution in [1.82, 2.24) is 9.97 Å². The molecule has 1 saturated heterocycles. The van der Waals surface area contributed by atoms with Gasteiger partial charge in [-0.05, 0) is 65.0 Å². The van der Waals surface area contributed by atoms with Gasteiger partial charge in [0.15, 0.2) is 5.79 Å². The lowest BCUT2D eigenvalue weighted by molar-refractivity contribution is -0.141. The zero-order valence-corrected chi connectivity index (χ0v) is 20.6. The molecule has 0 radical (unpaired) electrons. The van der Waals surface area contributed by atoms with Gasteiger partial charge in [0.05, 0.1) is 16.8 Å². The van der Waals surface area contributed by atoms with E-state index in [9.17, 15) is 4.79 Å². The number of hydrogen-bond donors (Lipinski definition) is 0. The molecule has 8 nitrogen and oxygen atoms in total. The van der Waals surface area contributed by atoms with E-state index in [1.807, 2.05) is 58.9 Å². The van der Waals surface area contributed by atoms with Crippen LogP contribution in [0.1, 0.15) is 34.6 Å². The third kappa shape index (κ3) is 5.79. The van der Waals surface area contributed by atoms with Crippen molar-refractivity contribution in [2.45, 2.75) is 52.1 Å². The standard InChI is InChI=1S/C24H29N3O5S/c1-23(2,3)32-22(28)27(6)20-10-7-15(12-25-20)21-26-18-9-8-16(11-19(18)33-21)29-13-17-14-30-24(4,5)31-17/h7-12,17H,13-14H2,1-6H3/t17-/m0/s1. The molecule has 0 spiro atoms. The Balaban J connectivity index is 1.43. The quantitative estimate of drug-likeness (QED) is 0.502. The van der Waals surface area contributed by atoms with E-state index in [1.54, 1.807) is 30.6 Å². The van der Waals surface area contributed by atoms with Crippen molar-refractivity contribution in [2.24, 2.45) is 0 Å². The molecule has 4 rings (SSSR count). The van der Waals surface area contributed by atoms with E-state index >= 15 is 0 Å². The van der Waals surface area contributed by atoms with Gasteiger partial charge in [0.2, 0.25) is 0 Å². The summed E-state index contributed by atoms with van der Waals surface area (Å²) in [4.78, 5) is 22.8. The number of nitrogens with zero attached hydrogens (tertiary/aromatic N) is 3. The zero-order valence-electron chi connectivity index (χ0n) is 19.7. The summed E-state index contributed by atoms with van der Waals surface area (Å²) in [7, 11) is 1.64. The van der Waals surface area contributed by atoms with E-state index in [-0.39, 0.29) is 6.10 Å². The second kappa shape index (κ2) is 8.89. The molecule has 1 aromatic carbocycles. The minimum atomic E-state index is -0.566. The maximum atomic E-state index is 12.3. The van der Waals surface area contributed by atoms with Gasteiger partial charge >= 0.3 is 6.09 Å². The third-order valence-electron chi connectivity index (χ3n) is 4.87. The van der Waals surface area contributed by atoms with Gasteiger partial charge in [-0.2, -0.15) is 0 Å². The van der Waals surface area contributed by atoms with Crippen molar-refractivity contribution in [2.75, 3.05) is 25.2 Å². The summed E-state index contributed by atoms with van der Waals surface area (Å²) < 4.78 is 23.7. The first-order valence-electron chi connectivity index (χ1n) is 10.8. The van der Waals surface area contributed by atoms with Crippen molar-refractivity contribution in [3.05, 3.63) is 36.5 Å². The van der Waals surface area contributed by atoms with Gasteiger partial charge in [0, 0.05) is 18.8 Å². The van der Waals surface area contributed by atoms with Gasteiger partial charge in [-0.3, -0.25) is 4.90 Å². The predicted octanol–water partition coefficient (Wildman–Crippen LogP) is 5.26. The van der Waals surface area contributed by atoms with Crippen LogP contribution in [0, 0.1) is 0 Å². The van der Waals surface area contributed by atoms with E-state index in [1.165, 1.54) is 4.90 Å². The highest BCUT2D eigenvalue weighted by Crippen LogP contribution is 2.33. The summed E-state index contributed by atoms with van der Waals surface area (Å²) in [5.41, 5.74) is 1.20. The number of anilines is 1. The number of amides is 1. The Morgan fingerprint density at radius 2 is 2.06 bits per heavy atom. The fourth-order valence-electron chi connectivity index (χ4n) is 3.29. The summed E-state index contributed by atoms with van der Waals surface area (Å²) in [6.45, 7) is 10.2. The van der Waals surface area contributed by atoms with E-state index in [0.29, 0.717) is 19.0 Å². The molecule has 0 bridgehead atoms. The molecule has 9 heteroatoms. The van der Waals surface area contributed by atoms with Crippen molar-refractivity contribution in [3.63, 3.8) is 0 Å². The number of hydrogen-bond acceptors (Lipinski definition) is 8. The van der Waals surface area contributed by atoms with Gasteiger partial charge in [-0.15, -0.1) is 11.3 Å². The van der Waals surface area contributed by atoms with Gasteiger partial charge in [-0.25, -0.2) is 14.8 Å². The number of aromatic nitrogens is 2. The Hall–Kier alpha value is -2.75. The van der Waals surface area contributed by atoms with Crippen molar-refractivity contribution in [3.8, 4) is 16.3 Å². The van der Waals surface area contributed by atoms with Crippen LogP contribution in [-0.2, 0) is 14.2 Å². The first-order valence-corrected chi connectivity index (χ1v) is 11.6. The Labute approximate surface area is 197 Å². The monoisotopic (exact) mass is 471 g/mol. The smallest absolute Gasteiger partial charge is 0.415 e. The minimum Gasteiger partial charge on any atom is -0.491 e. The number of carbonyl (C=O) groups excluding carboxylic acids is 1. The van der Waals surface area contributed by atoms with Crippen LogP contribution in [0.2, 0.25) is 0 Å². The summed E-state index contributed by atoms with van der Waals surface area (Å²) >= 11 is 1.56. The largest absolute Gasteiger partial charge is 0.491 e. The lowest BCUT2D eigenvalue weighted by Crippen LogP contribution is -2.34. The van der Waals surface area contributed by atoms with Gasteiger partial charge in [0.25, 0.3) is 0 Å². The van der Waals surface area contributed by atoms with Gasteiger partial charge in [-0.1, -0.05) is 0 Å². The SMILES string of the molecule is CN(C(=O)OC(C)(C)C)c1ccc(-c2nc3ccc(OC[C@H]4COC(C)(C)O4)cc3s2)cn1. The highest BCUT2D eigenvalue weighted by molar-refractivity contribution is 7.21. The average molecular weight is 472 g/mol. The summed E-state index contributed by atoms with van der Waals surface area (Å²) in [5, 5.41) is 0.843. The average Bonchev–Trinajstić information content (AvgIpc) is 3.32. The molecule has 1 aliphatic heterocycles. The molecule has 3 heterocycles. The molecule has 0 unspecified atom stereocenters. The number of benzene rings is 1. The predicted molar refractivity (Wildman–Crippen MR) is 128 cm³/mol. The molecule has 1 amide bonds. The van der Waals surface area contributed by atoms with Crippen LogP contribution in [-0.4, -0.2) is 53.8 Å². The maximum absolute atomic E-state index is 12.3. The molecule has 1 aliphatic rings. The highest BCUT2D eigenvalue weighted by atomic mass is 32.1. The highest BCUT2D eigenvalue weighted by Gasteiger charge is 2.33. The second-order valence-electron chi connectivity index (χ2n) is 9.35. The van der Waals surface area contributed by atoms with Crippen LogP contribution in [0.3, 0.4) is 0 Å². The topological polar surface area (TPSA) is 83.0 Å². The second-order valence-corrected chi connectivity index (χ2v) is 10.4. The molecule has 176 valence electrons. The molecular weight excluding hydrogens is 442 g/mol. The van der Waals surface area contributed by atoms with Crippen LogP contribution < -0.4 is 9.64 Å². The molecular formula is C24H29N3O5S. The Morgan fingerprint density at radius 1 is 1.27 bits per heavy atom. The number of fused-ring (bicyclic) bond motifs is 1. The zero-order chi connectivity index (χ0) is 23.8. The van der Waals surface area contributed by atoms with Crippen molar-refractivity contribution in [1.29, 1.82) is 0 Å². The van der Waals surface area contributed by atoms with Crippen molar-refractivity contribution >= 4 is 33.5 Å². The summed E-state index contributed by atoms with van der Waals surface area (Å²) in [5.74, 6) is 0.708.